The number of nitrogens with zero attached hydrogens (tertiary/aromatic N) is 10. The molecule has 1 radical (unpaired) electrons. The molecule has 0 unspecified atom stereocenters. The molecule has 0 aliphatic carbocycles. The fourth-order valence-corrected chi connectivity index (χ4v) is 10.8. The van der Waals surface area contributed by atoms with E-state index < -0.39 is 0 Å². The predicted octanol–water partition coefficient (Wildman–Crippen LogP) is 34.6. The van der Waals surface area contributed by atoms with Crippen molar-refractivity contribution in [3.63, 3.8) is 0 Å². The first-order valence-corrected chi connectivity index (χ1v) is 45.3. The molecule has 0 saturated carbocycles. The van der Waals surface area contributed by atoms with Gasteiger partial charge in [0.25, 0.3) is 0 Å². The molecule has 115 heavy (non-hydrogen) atoms. The standard InChI is InChI=1S/C12H18.4C11H17N.2C10H16N2.C8H12N2.C4H10.8C2H6.Y/c1-9(2)11-7-5-6-8-12(11)10(3)4;2*1-8(2)10-5-6-12-7-11(10)9(3)4;2*1-8(2)10-6-5-7-12-11(10)9(3)4;1-7(2)9-10(8(3)4)12-6-5-11-9;1-7(2)9-5-6-11-12-10(9)8(3)4;1-6(2)8-7(3)4-9-5-10-8;1-3-4-2;8*1-2;/h5-10H,1-4H3;4*5-9H,1-4H3;2*5-8H,1-4H3;4-6H,1-3H3;3-4H2,1-2H3;8*1-2H3;. The first-order chi connectivity index (χ1) is 54.0. The van der Waals surface area contributed by atoms with Crippen molar-refractivity contribution in [1.82, 2.24) is 50.1 Å². The maximum absolute atomic E-state index is 4.40. The summed E-state index contributed by atoms with van der Waals surface area (Å²) in [7, 11) is 0. The predicted molar refractivity (Wildman–Crippen MR) is 517 cm³/mol. The minimum atomic E-state index is 0. The summed E-state index contributed by atoms with van der Waals surface area (Å²) < 4.78 is 0. The molecule has 8 aromatic rings. The van der Waals surface area contributed by atoms with E-state index in [9.17, 15) is 0 Å². The second-order valence-corrected chi connectivity index (χ2v) is 30.2. The largest absolute Gasteiger partial charge is 0.264 e. The fraction of sp³-hybridized carbons (Fsp3) is 0.635. The summed E-state index contributed by atoms with van der Waals surface area (Å²) in [5.74, 6) is 8.32. The van der Waals surface area contributed by atoms with Crippen LogP contribution in [0.5, 0.6) is 0 Å². The first kappa shape index (κ1) is 130. The molecular formula is C104H188N10Y. The van der Waals surface area contributed by atoms with E-state index >= 15 is 0 Å². The summed E-state index contributed by atoms with van der Waals surface area (Å²) in [4.78, 5) is 33.9. The molecule has 0 N–H and O–H groups in total. The monoisotopic (exact) mass is 1670 g/mol. The van der Waals surface area contributed by atoms with E-state index in [1.165, 1.54) is 79.9 Å². The van der Waals surface area contributed by atoms with Gasteiger partial charge in [-0.05, 0) is 182 Å². The Kier molecular flexibility index (Phi) is 95.6. The summed E-state index contributed by atoms with van der Waals surface area (Å²) in [6.45, 7) is 104. The van der Waals surface area contributed by atoms with Crippen molar-refractivity contribution >= 4 is 0 Å². The van der Waals surface area contributed by atoms with Crippen LogP contribution >= 0.6 is 0 Å². The molecule has 0 saturated heterocycles. The van der Waals surface area contributed by atoms with Gasteiger partial charge in [0.15, 0.2) is 0 Å². The van der Waals surface area contributed by atoms with E-state index in [0.29, 0.717) is 88.8 Å². The second-order valence-electron chi connectivity index (χ2n) is 30.2. The zero-order valence-electron chi connectivity index (χ0n) is 84.8. The Balaban J connectivity index is -0.000000132. The van der Waals surface area contributed by atoms with E-state index in [2.05, 4.69) is 326 Å². The summed E-state index contributed by atoms with van der Waals surface area (Å²) >= 11 is 0. The van der Waals surface area contributed by atoms with Crippen molar-refractivity contribution in [2.45, 2.75) is 441 Å². The number of unbranched alkanes of at least 4 members (excludes halogenated alkanes) is 1. The third-order valence-electron chi connectivity index (χ3n) is 16.4. The Morgan fingerprint density at radius 3 is 0.678 bits per heavy atom. The summed E-state index contributed by atoms with van der Waals surface area (Å²) in [6, 6.07) is 23.4. The summed E-state index contributed by atoms with van der Waals surface area (Å²) in [5, 5.41) is 8.05. The minimum Gasteiger partial charge on any atom is -0.264 e. The number of hydrogen-bond donors (Lipinski definition) is 0. The third kappa shape index (κ3) is 59.5. The molecule has 0 fully saturated rings. The van der Waals surface area contributed by atoms with Crippen LogP contribution in [0.1, 0.15) is 524 Å². The summed E-state index contributed by atoms with van der Waals surface area (Å²) in [6.07, 6.45) is 22.9. The number of hydrogen-bond acceptors (Lipinski definition) is 10. The van der Waals surface area contributed by atoms with E-state index in [1.54, 1.807) is 24.9 Å². The van der Waals surface area contributed by atoms with Crippen LogP contribution in [-0.4, -0.2) is 50.1 Å². The molecule has 7 aromatic heterocycles. The molecule has 8 rings (SSSR count). The zero-order valence-corrected chi connectivity index (χ0v) is 87.7. The molecule has 11 heteroatoms. The molecular weight excluding hydrogens is 1480 g/mol. The Labute approximate surface area is 743 Å². The molecule has 0 amide bonds. The molecule has 657 valence electrons. The van der Waals surface area contributed by atoms with Crippen molar-refractivity contribution in [3.8, 4) is 0 Å². The van der Waals surface area contributed by atoms with E-state index in [0.717, 1.165) is 22.8 Å². The van der Waals surface area contributed by atoms with Crippen LogP contribution in [0, 0.1) is 6.92 Å². The molecule has 10 nitrogen and oxygen atoms in total. The van der Waals surface area contributed by atoms with Crippen LogP contribution in [0.25, 0.3) is 0 Å². The van der Waals surface area contributed by atoms with Crippen LogP contribution in [-0.2, 0) is 32.7 Å². The molecule has 7 heterocycles. The van der Waals surface area contributed by atoms with Gasteiger partial charge in [-0.15, -0.1) is 0 Å². The number of benzene rings is 1. The van der Waals surface area contributed by atoms with Gasteiger partial charge in [-0.3, -0.25) is 29.9 Å². The van der Waals surface area contributed by atoms with Crippen LogP contribution in [0.3, 0.4) is 0 Å². The Morgan fingerprint density at radius 1 is 0.217 bits per heavy atom. The van der Waals surface area contributed by atoms with Crippen molar-refractivity contribution in [3.05, 3.63) is 225 Å². The van der Waals surface area contributed by atoms with E-state index in [4.69, 9.17) is 0 Å². The zero-order chi connectivity index (χ0) is 90.9. The topological polar surface area (TPSA) is 129 Å². The fourth-order valence-electron chi connectivity index (χ4n) is 10.8. The molecule has 0 bridgehead atoms. The minimum absolute atomic E-state index is 0. The maximum Gasteiger partial charge on any atom is 0.115 e. The SMILES string of the molecule is CC.CC.CC.CC.CC.CC.CC.CC.CC(C)c1ccccc1C(C)C.CC(C)c1cccnc1C(C)C.CC(C)c1cccnc1C(C)C.CC(C)c1ccncc1C(C)C.CC(C)c1ccncc1C(C)C.CC(C)c1ccnnc1C(C)C.CC(C)c1nccnc1C(C)C.CCCC.Cc1cncnc1C(C)C.[Y]. The van der Waals surface area contributed by atoms with Crippen LogP contribution in [0.2, 0.25) is 0 Å². The second kappa shape index (κ2) is 84.6. The van der Waals surface area contributed by atoms with Crippen LogP contribution < -0.4 is 0 Å². The quantitative estimate of drug-likeness (QED) is 0.0922. The average Bonchev–Trinajstić information content (AvgIpc) is 0.904. The number of pyridine rings is 4. The molecule has 0 atom stereocenters. The van der Waals surface area contributed by atoms with Gasteiger partial charge in [0.1, 0.15) is 6.33 Å². The van der Waals surface area contributed by atoms with Gasteiger partial charge in [-0.25, -0.2) is 9.97 Å². The van der Waals surface area contributed by atoms with Crippen molar-refractivity contribution in [2.24, 2.45) is 0 Å². The van der Waals surface area contributed by atoms with Gasteiger partial charge < -0.3 is 0 Å². The normalized spacial score (nSPS) is 9.74. The van der Waals surface area contributed by atoms with Crippen molar-refractivity contribution in [1.29, 1.82) is 0 Å². The first-order valence-electron chi connectivity index (χ1n) is 45.3. The van der Waals surface area contributed by atoms with Gasteiger partial charge in [0, 0.05) is 112 Å². The van der Waals surface area contributed by atoms with Crippen LogP contribution in [0.15, 0.2) is 135 Å². The van der Waals surface area contributed by atoms with Gasteiger partial charge in [0.2, 0.25) is 0 Å². The van der Waals surface area contributed by atoms with Crippen LogP contribution in [0.4, 0.5) is 0 Å². The van der Waals surface area contributed by atoms with Crippen molar-refractivity contribution < 1.29 is 32.7 Å². The molecule has 0 spiro atoms. The number of rotatable bonds is 16. The molecule has 0 aliphatic heterocycles. The number of aryl methyl sites for hydroxylation is 1. The third-order valence-corrected chi connectivity index (χ3v) is 16.4. The average molecular weight is 1670 g/mol. The van der Waals surface area contributed by atoms with Gasteiger partial charge in [0.05, 0.1) is 17.1 Å². The number of aromatic nitrogens is 10. The van der Waals surface area contributed by atoms with Gasteiger partial charge in [-0.1, -0.05) is 382 Å². The molecule has 1 aromatic carbocycles. The van der Waals surface area contributed by atoms with E-state index in [-0.39, 0.29) is 32.7 Å². The maximum atomic E-state index is 4.40. The van der Waals surface area contributed by atoms with E-state index in [1.807, 2.05) is 173 Å². The Bertz CT molecular complexity index is 2600. The summed E-state index contributed by atoms with van der Waals surface area (Å²) in [5.41, 5.74) is 20.9. The van der Waals surface area contributed by atoms with Gasteiger partial charge >= 0.3 is 0 Å². The van der Waals surface area contributed by atoms with Crippen molar-refractivity contribution in [2.75, 3.05) is 0 Å². The Hall–Kier alpha value is -5.84. The Morgan fingerprint density at radius 2 is 0.461 bits per heavy atom. The molecule has 0 aliphatic rings. The van der Waals surface area contributed by atoms with Gasteiger partial charge in [-0.2, -0.15) is 10.2 Å². The smallest absolute Gasteiger partial charge is 0.115 e.